The zero-order valence-corrected chi connectivity index (χ0v) is 12.3. The van der Waals surface area contributed by atoms with Crippen LogP contribution in [0.25, 0.3) is 0 Å². The van der Waals surface area contributed by atoms with Crippen molar-refractivity contribution >= 4 is 11.9 Å². The predicted molar refractivity (Wildman–Crippen MR) is 71.6 cm³/mol. The SMILES string of the molecule is CC(COC(=O)C(C)(C)C)OC(=O)C1CCNCC1. The van der Waals surface area contributed by atoms with Crippen molar-refractivity contribution in [2.45, 2.75) is 46.6 Å². The summed E-state index contributed by atoms with van der Waals surface area (Å²) >= 11 is 0. The van der Waals surface area contributed by atoms with Crippen molar-refractivity contribution in [2.24, 2.45) is 11.3 Å². The van der Waals surface area contributed by atoms with Gasteiger partial charge in [-0.25, -0.2) is 0 Å². The zero-order chi connectivity index (χ0) is 14.5. The Morgan fingerprint density at radius 1 is 1.26 bits per heavy atom. The number of ether oxygens (including phenoxy) is 2. The molecule has 0 aromatic carbocycles. The maximum atomic E-state index is 11.9. The first-order chi connectivity index (χ1) is 8.80. The number of esters is 2. The van der Waals surface area contributed by atoms with Gasteiger partial charge in [0.15, 0.2) is 0 Å². The molecule has 1 atom stereocenters. The van der Waals surface area contributed by atoms with Crippen molar-refractivity contribution < 1.29 is 19.1 Å². The first-order valence-electron chi connectivity index (χ1n) is 6.89. The standard InChI is InChI=1S/C14H25NO4/c1-10(9-18-13(17)14(2,3)4)19-12(16)11-5-7-15-8-6-11/h10-11,15H,5-9H2,1-4H3. The molecule has 0 aliphatic carbocycles. The Morgan fingerprint density at radius 3 is 2.37 bits per heavy atom. The van der Waals surface area contributed by atoms with E-state index in [1.807, 2.05) is 0 Å². The molecule has 0 saturated carbocycles. The van der Waals surface area contributed by atoms with Crippen LogP contribution in [0, 0.1) is 11.3 Å². The van der Waals surface area contributed by atoms with E-state index in [0.717, 1.165) is 25.9 Å². The lowest BCUT2D eigenvalue weighted by Gasteiger charge is -2.24. The van der Waals surface area contributed by atoms with Crippen LogP contribution >= 0.6 is 0 Å². The molecule has 1 unspecified atom stereocenters. The molecule has 5 heteroatoms. The van der Waals surface area contributed by atoms with Gasteiger partial charge in [-0.15, -0.1) is 0 Å². The lowest BCUT2D eigenvalue weighted by molar-refractivity contribution is -0.165. The fourth-order valence-corrected chi connectivity index (χ4v) is 1.80. The highest BCUT2D eigenvalue weighted by molar-refractivity contribution is 5.75. The number of carbonyl (C=O) groups is 2. The summed E-state index contributed by atoms with van der Waals surface area (Å²) in [5, 5.41) is 3.20. The summed E-state index contributed by atoms with van der Waals surface area (Å²) in [6, 6.07) is 0. The summed E-state index contributed by atoms with van der Waals surface area (Å²) in [7, 11) is 0. The normalized spacial score (nSPS) is 18.7. The number of carbonyl (C=O) groups excluding carboxylic acids is 2. The van der Waals surface area contributed by atoms with Gasteiger partial charge in [0.05, 0.1) is 11.3 Å². The molecule has 1 aliphatic rings. The van der Waals surface area contributed by atoms with Crippen molar-refractivity contribution in [1.29, 1.82) is 0 Å². The molecule has 0 amide bonds. The topological polar surface area (TPSA) is 64.6 Å². The molecule has 110 valence electrons. The van der Waals surface area contributed by atoms with Crippen LogP contribution in [-0.4, -0.2) is 37.7 Å². The fraction of sp³-hybridized carbons (Fsp3) is 0.857. The molecular formula is C14H25NO4. The molecule has 1 rings (SSSR count). The van der Waals surface area contributed by atoms with Crippen molar-refractivity contribution in [1.82, 2.24) is 5.32 Å². The molecule has 0 bridgehead atoms. The quantitative estimate of drug-likeness (QED) is 0.785. The molecule has 1 heterocycles. The number of hydrogen-bond donors (Lipinski definition) is 1. The highest BCUT2D eigenvalue weighted by atomic mass is 16.6. The van der Waals surface area contributed by atoms with E-state index in [-0.39, 0.29) is 24.5 Å². The minimum Gasteiger partial charge on any atom is -0.461 e. The lowest BCUT2D eigenvalue weighted by atomic mass is 9.97. The van der Waals surface area contributed by atoms with E-state index in [2.05, 4.69) is 5.32 Å². The third-order valence-corrected chi connectivity index (χ3v) is 3.05. The Morgan fingerprint density at radius 2 is 1.84 bits per heavy atom. The van der Waals surface area contributed by atoms with Crippen LogP contribution in [0.3, 0.4) is 0 Å². The Balaban J connectivity index is 2.28. The molecule has 0 aromatic heterocycles. The van der Waals surface area contributed by atoms with Crippen molar-refractivity contribution in [3.8, 4) is 0 Å². The molecule has 0 spiro atoms. The van der Waals surface area contributed by atoms with Crippen LogP contribution in [-0.2, 0) is 19.1 Å². The molecule has 5 nitrogen and oxygen atoms in total. The van der Waals surface area contributed by atoms with Crippen molar-refractivity contribution in [2.75, 3.05) is 19.7 Å². The van der Waals surface area contributed by atoms with Gasteiger partial charge in [0.25, 0.3) is 0 Å². The summed E-state index contributed by atoms with van der Waals surface area (Å²) in [6.07, 6.45) is 1.23. The number of rotatable bonds is 4. The van der Waals surface area contributed by atoms with Gasteiger partial charge in [0.2, 0.25) is 0 Å². The van der Waals surface area contributed by atoms with Crippen LogP contribution < -0.4 is 5.32 Å². The zero-order valence-electron chi connectivity index (χ0n) is 12.3. The maximum Gasteiger partial charge on any atom is 0.311 e. The summed E-state index contributed by atoms with van der Waals surface area (Å²) in [5.41, 5.74) is -0.529. The average molecular weight is 271 g/mol. The Labute approximate surface area is 115 Å². The van der Waals surface area contributed by atoms with E-state index in [1.165, 1.54) is 0 Å². The fourth-order valence-electron chi connectivity index (χ4n) is 1.80. The maximum absolute atomic E-state index is 11.9. The van der Waals surface area contributed by atoms with Gasteiger partial charge in [0.1, 0.15) is 12.7 Å². The second-order valence-electron chi connectivity index (χ2n) is 6.12. The molecule has 0 radical (unpaired) electrons. The molecule has 19 heavy (non-hydrogen) atoms. The van der Waals surface area contributed by atoms with Gasteiger partial charge < -0.3 is 14.8 Å². The Hall–Kier alpha value is -1.10. The van der Waals surface area contributed by atoms with Gasteiger partial charge in [-0.3, -0.25) is 9.59 Å². The number of hydrogen-bond acceptors (Lipinski definition) is 5. The summed E-state index contributed by atoms with van der Waals surface area (Å²) in [6.45, 7) is 8.95. The van der Waals surface area contributed by atoms with E-state index in [0.29, 0.717) is 0 Å². The molecule has 1 aliphatic heterocycles. The van der Waals surface area contributed by atoms with Gasteiger partial charge in [-0.05, 0) is 53.6 Å². The van der Waals surface area contributed by atoms with Crippen LogP contribution in [0.1, 0.15) is 40.5 Å². The Bertz CT molecular complexity index is 316. The van der Waals surface area contributed by atoms with Crippen LogP contribution in [0.2, 0.25) is 0 Å². The molecule has 1 fully saturated rings. The van der Waals surface area contributed by atoms with Crippen molar-refractivity contribution in [3.63, 3.8) is 0 Å². The van der Waals surface area contributed by atoms with E-state index in [4.69, 9.17) is 9.47 Å². The number of piperidine rings is 1. The van der Waals surface area contributed by atoms with Crippen molar-refractivity contribution in [3.05, 3.63) is 0 Å². The lowest BCUT2D eigenvalue weighted by Crippen LogP contribution is -2.35. The monoisotopic (exact) mass is 271 g/mol. The predicted octanol–water partition coefficient (Wildman–Crippen LogP) is 1.51. The van der Waals surface area contributed by atoms with Crippen LogP contribution in [0.4, 0.5) is 0 Å². The summed E-state index contributed by atoms with van der Waals surface area (Å²) in [4.78, 5) is 23.4. The molecule has 0 aromatic rings. The number of nitrogens with one attached hydrogen (secondary N) is 1. The van der Waals surface area contributed by atoms with E-state index < -0.39 is 11.5 Å². The smallest absolute Gasteiger partial charge is 0.311 e. The highest BCUT2D eigenvalue weighted by Crippen LogP contribution is 2.17. The molecule has 1 N–H and O–H groups in total. The van der Waals surface area contributed by atoms with E-state index >= 15 is 0 Å². The first-order valence-corrected chi connectivity index (χ1v) is 6.89. The Kier molecular flexibility index (Phi) is 5.79. The minimum absolute atomic E-state index is 0.0259. The summed E-state index contributed by atoms with van der Waals surface area (Å²) in [5.74, 6) is -0.486. The molecular weight excluding hydrogens is 246 g/mol. The minimum atomic E-state index is -0.529. The van der Waals surface area contributed by atoms with E-state index in [9.17, 15) is 9.59 Å². The second-order valence-corrected chi connectivity index (χ2v) is 6.12. The first kappa shape index (κ1) is 16.0. The highest BCUT2D eigenvalue weighted by Gasteiger charge is 2.26. The largest absolute Gasteiger partial charge is 0.461 e. The van der Waals surface area contributed by atoms with Crippen LogP contribution in [0.5, 0.6) is 0 Å². The van der Waals surface area contributed by atoms with Gasteiger partial charge >= 0.3 is 11.9 Å². The van der Waals surface area contributed by atoms with Gasteiger partial charge in [0, 0.05) is 0 Å². The third kappa shape index (κ3) is 5.59. The van der Waals surface area contributed by atoms with Gasteiger partial charge in [-0.1, -0.05) is 0 Å². The van der Waals surface area contributed by atoms with Crippen LogP contribution in [0.15, 0.2) is 0 Å². The average Bonchev–Trinajstić information content (AvgIpc) is 2.35. The second kappa shape index (κ2) is 6.89. The molecule has 1 saturated heterocycles. The van der Waals surface area contributed by atoms with E-state index in [1.54, 1.807) is 27.7 Å². The third-order valence-electron chi connectivity index (χ3n) is 3.05. The van der Waals surface area contributed by atoms with Gasteiger partial charge in [-0.2, -0.15) is 0 Å². The summed E-state index contributed by atoms with van der Waals surface area (Å²) < 4.78 is 10.4.